The van der Waals surface area contributed by atoms with E-state index in [1.807, 2.05) is 36.4 Å². The third kappa shape index (κ3) is 4.45. The predicted molar refractivity (Wildman–Crippen MR) is 78.8 cm³/mol. The molecule has 1 heterocycles. The van der Waals surface area contributed by atoms with Gasteiger partial charge in [-0.25, -0.2) is 4.98 Å². The molecule has 0 spiro atoms. The van der Waals surface area contributed by atoms with Crippen LogP contribution < -0.4 is 10.1 Å². The van der Waals surface area contributed by atoms with Crippen LogP contribution in [0.1, 0.15) is 18.9 Å². The largest absolute Gasteiger partial charge is 0.494 e. The zero-order valence-electron chi connectivity index (χ0n) is 10.9. The molecular weight excluding hydrogens is 260 g/mol. The molecule has 100 valence electrons. The molecule has 4 heteroatoms. The van der Waals surface area contributed by atoms with E-state index >= 15 is 0 Å². The summed E-state index contributed by atoms with van der Waals surface area (Å²) in [7, 11) is 0. The van der Waals surface area contributed by atoms with Crippen LogP contribution >= 0.6 is 11.6 Å². The lowest BCUT2D eigenvalue weighted by Crippen LogP contribution is -2.01. The fourth-order valence-corrected chi connectivity index (χ4v) is 1.79. The molecule has 19 heavy (non-hydrogen) atoms. The zero-order valence-corrected chi connectivity index (χ0v) is 11.7. The Kier molecular flexibility index (Phi) is 5.04. The number of pyridine rings is 1. The first-order chi connectivity index (χ1) is 9.28. The minimum atomic E-state index is 0.494. The SMILES string of the molecule is CCCOc1ccc(CNc2cccc(Cl)n2)cc1. The molecule has 2 aromatic rings. The van der Waals surface area contributed by atoms with Crippen LogP contribution in [-0.4, -0.2) is 11.6 Å². The summed E-state index contributed by atoms with van der Waals surface area (Å²) in [5, 5.41) is 3.72. The maximum absolute atomic E-state index is 5.83. The van der Waals surface area contributed by atoms with Gasteiger partial charge >= 0.3 is 0 Å². The lowest BCUT2D eigenvalue weighted by Gasteiger charge is -2.08. The highest BCUT2D eigenvalue weighted by Gasteiger charge is 1.98. The van der Waals surface area contributed by atoms with Crippen molar-refractivity contribution in [1.82, 2.24) is 4.98 Å². The molecular formula is C15H17ClN2O. The van der Waals surface area contributed by atoms with Gasteiger partial charge < -0.3 is 10.1 Å². The Morgan fingerprint density at radius 2 is 1.95 bits per heavy atom. The Morgan fingerprint density at radius 3 is 2.63 bits per heavy atom. The van der Waals surface area contributed by atoms with Crippen LogP contribution in [0.25, 0.3) is 0 Å². The van der Waals surface area contributed by atoms with Crippen molar-refractivity contribution in [3.63, 3.8) is 0 Å². The molecule has 0 saturated carbocycles. The number of anilines is 1. The first-order valence-corrected chi connectivity index (χ1v) is 6.74. The lowest BCUT2D eigenvalue weighted by atomic mass is 10.2. The van der Waals surface area contributed by atoms with Crippen LogP contribution in [-0.2, 0) is 6.54 Å². The molecule has 0 atom stereocenters. The highest BCUT2D eigenvalue weighted by Crippen LogP contribution is 2.14. The molecule has 0 saturated heterocycles. The first kappa shape index (κ1) is 13.7. The van der Waals surface area contributed by atoms with Crippen molar-refractivity contribution in [3.05, 3.63) is 53.2 Å². The summed E-state index contributed by atoms with van der Waals surface area (Å²) in [4.78, 5) is 4.18. The van der Waals surface area contributed by atoms with E-state index in [1.54, 1.807) is 6.07 Å². The van der Waals surface area contributed by atoms with E-state index in [-0.39, 0.29) is 0 Å². The molecule has 0 fully saturated rings. The fraction of sp³-hybridized carbons (Fsp3) is 0.267. The van der Waals surface area contributed by atoms with Gasteiger partial charge in [0.25, 0.3) is 0 Å². The van der Waals surface area contributed by atoms with Gasteiger partial charge in [-0.3, -0.25) is 0 Å². The van der Waals surface area contributed by atoms with Gasteiger partial charge in [0.15, 0.2) is 0 Å². The third-order valence-electron chi connectivity index (χ3n) is 2.58. The molecule has 0 unspecified atom stereocenters. The van der Waals surface area contributed by atoms with Gasteiger partial charge in [-0.1, -0.05) is 36.7 Å². The Labute approximate surface area is 118 Å². The summed E-state index contributed by atoms with van der Waals surface area (Å²) in [5.41, 5.74) is 1.17. The van der Waals surface area contributed by atoms with Gasteiger partial charge in [-0.05, 0) is 36.2 Å². The van der Waals surface area contributed by atoms with Crippen LogP contribution in [0.3, 0.4) is 0 Å². The number of benzene rings is 1. The van der Waals surface area contributed by atoms with Crippen molar-refractivity contribution >= 4 is 17.4 Å². The summed E-state index contributed by atoms with van der Waals surface area (Å²) in [6.07, 6.45) is 1.02. The highest BCUT2D eigenvalue weighted by atomic mass is 35.5. The highest BCUT2D eigenvalue weighted by molar-refractivity contribution is 6.29. The molecule has 0 bridgehead atoms. The number of halogens is 1. The number of nitrogens with one attached hydrogen (secondary N) is 1. The molecule has 0 aliphatic heterocycles. The summed E-state index contributed by atoms with van der Waals surface area (Å²) in [6.45, 7) is 3.56. The van der Waals surface area contributed by atoms with Gasteiger partial charge in [-0.15, -0.1) is 0 Å². The van der Waals surface area contributed by atoms with Gasteiger partial charge in [0.2, 0.25) is 0 Å². The van der Waals surface area contributed by atoms with Crippen LogP contribution in [0.2, 0.25) is 5.15 Å². The molecule has 1 aromatic carbocycles. The average Bonchev–Trinajstić information content (AvgIpc) is 2.44. The third-order valence-corrected chi connectivity index (χ3v) is 2.80. The second kappa shape index (κ2) is 7.00. The van der Waals surface area contributed by atoms with E-state index < -0.39 is 0 Å². The van der Waals surface area contributed by atoms with E-state index in [0.717, 1.165) is 24.6 Å². The maximum atomic E-state index is 5.83. The van der Waals surface area contributed by atoms with Crippen LogP contribution in [0.15, 0.2) is 42.5 Å². The summed E-state index contributed by atoms with van der Waals surface area (Å²) < 4.78 is 5.54. The molecule has 1 aromatic heterocycles. The molecule has 0 radical (unpaired) electrons. The molecule has 3 nitrogen and oxygen atoms in total. The second-order valence-electron chi connectivity index (χ2n) is 4.19. The number of hydrogen-bond donors (Lipinski definition) is 1. The summed E-state index contributed by atoms with van der Waals surface area (Å²) >= 11 is 5.83. The number of hydrogen-bond acceptors (Lipinski definition) is 3. The Bertz CT molecular complexity index is 514. The Morgan fingerprint density at radius 1 is 1.16 bits per heavy atom. The van der Waals surface area contributed by atoms with E-state index in [0.29, 0.717) is 11.7 Å². The summed E-state index contributed by atoms with van der Waals surface area (Å²) in [6, 6.07) is 13.6. The van der Waals surface area contributed by atoms with E-state index in [2.05, 4.69) is 17.2 Å². The number of nitrogens with zero attached hydrogens (tertiary/aromatic N) is 1. The number of rotatable bonds is 6. The van der Waals surface area contributed by atoms with Crippen molar-refractivity contribution in [3.8, 4) is 5.75 Å². The van der Waals surface area contributed by atoms with Gasteiger partial charge in [0, 0.05) is 6.54 Å². The molecule has 0 amide bonds. The van der Waals surface area contributed by atoms with Crippen LogP contribution in [0, 0.1) is 0 Å². The Hall–Kier alpha value is -1.74. The predicted octanol–water partition coefficient (Wildman–Crippen LogP) is 4.14. The van der Waals surface area contributed by atoms with Crippen molar-refractivity contribution in [2.45, 2.75) is 19.9 Å². The smallest absolute Gasteiger partial charge is 0.131 e. The van der Waals surface area contributed by atoms with Crippen molar-refractivity contribution in [1.29, 1.82) is 0 Å². The average molecular weight is 277 g/mol. The topological polar surface area (TPSA) is 34.1 Å². The number of ether oxygens (including phenoxy) is 1. The first-order valence-electron chi connectivity index (χ1n) is 6.36. The van der Waals surface area contributed by atoms with Gasteiger partial charge in [-0.2, -0.15) is 0 Å². The van der Waals surface area contributed by atoms with Gasteiger partial charge in [0.1, 0.15) is 16.7 Å². The molecule has 0 aliphatic rings. The van der Waals surface area contributed by atoms with E-state index in [1.165, 1.54) is 5.56 Å². The minimum absolute atomic E-state index is 0.494. The Balaban J connectivity index is 1.89. The monoisotopic (exact) mass is 276 g/mol. The van der Waals surface area contributed by atoms with Crippen molar-refractivity contribution in [2.75, 3.05) is 11.9 Å². The van der Waals surface area contributed by atoms with Crippen LogP contribution in [0.4, 0.5) is 5.82 Å². The number of aromatic nitrogens is 1. The zero-order chi connectivity index (χ0) is 13.5. The maximum Gasteiger partial charge on any atom is 0.131 e. The lowest BCUT2D eigenvalue weighted by molar-refractivity contribution is 0.317. The molecule has 2 rings (SSSR count). The van der Waals surface area contributed by atoms with Crippen LogP contribution in [0.5, 0.6) is 5.75 Å². The standard InChI is InChI=1S/C15H17ClN2O/c1-2-10-19-13-8-6-12(7-9-13)11-17-15-5-3-4-14(16)18-15/h3-9H,2,10-11H2,1H3,(H,17,18). The normalized spacial score (nSPS) is 10.2. The fourth-order valence-electron chi connectivity index (χ4n) is 1.62. The van der Waals surface area contributed by atoms with Crippen molar-refractivity contribution < 1.29 is 4.74 Å². The summed E-state index contributed by atoms with van der Waals surface area (Å²) in [5.74, 6) is 1.69. The van der Waals surface area contributed by atoms with E-state index in [4.69, 9.17) is 16.3 Å². The molecule has 0 aliphatic carbocycles. The minimum Gasteiger partial charge on any atom is -0.494 e. The quantitative estimate of drug-likeness (QED) is 0.806. The van der Waals surface area contributed by atoms with Gasteiger partial charge in [0.05, 0.1) is 6.61 Å². The molecule has 1 N–H and O–H groups in total. The van der Waals surface area contributed by atoms with E-state index in [9.17, 15) is 0 Å². The second-order valence-corrected chi connectivity index (χ2v) is 4.58. The van der Waals surface area contributed by atoms with Crippen molar-refractivity contribution in [2.24, 2.45) is 0 Å².